The lowest BCUT2D eigenvalue weighted by molar-refractivity contribution is 0.0932. The maximum Gasteiger partial charge on any atom is 0.165 e. The minimum absolute atomic E-state index is 0.0186. The van der Waals surface area contributed by atoms with Crippen LogP contribution < -0.4 is 0 Å². The second-order valence-electron chi connectivity index (χ2n) is 3.13. The number of benzene rings is 1. The summed E-state index contributed by atoms with van der Waals surface area (Å²) in [6.45, 7) is 2.04. The molecular weight excluding hydrogens is 183 g/mol. The van der Waals surface area contributed by atoms with E-state index >= 15 is 0 Å². The molecule has 0 aliphatic rings. The molecule has 0 heterocycles. The van der Waals surface area contributed by atoms with E-state index in [4.69, 9.17) is 4.74 Å². The number of halogens is 1. The first-order valence-electron chi connectivity index (χ1n) is 4.43. The Morgan fingerprint density at radius 1 is 1.50 bits per heavy atom. The van der Waals surface area contributed by atoms with Gasteiger partial charge >= 0.3 is 0 Å². The highest BCUT2D eigenvalue weighted by Crippen LogP contribution is 2.10. The van der Waals surface area contributed by atoms with Gasteiger partial charge in [-0.25, -0.2) is 4.39 Å². The second kappa shape index (κ2) is 4.86. The predicted octanol–water partition coefficient (Wildman–Crippen LogP) is 2.35. The minimum Gasteiger partial charge on any atom is -0.384 e. The first-order valence-corrected chi connectivity index (χ1v) is 4.43. The quantitative estimate of drug-likeness (QED) is 0.691. The van der Waals surface area contributed by atoms with Crippen LogP contribution >= 0.6 is 0 Å². The Labute approximate surface area is 82.7 Å². The smallest absolute Gasteiger partial charge is 0.165 e. The Morgan fingerprint density at radius 3 is 2.79 bits per heavy atom. The molecule has 76 valence electrons. The molecule has 1 aromatic carbocycles. The third-order valence-electron chi connectivity index (χ3n) is 2.01. The number of carbonyl (C=O) groups excluding carboxylic acids is 1. The van der Waals surface area contributed by atoms with E-state index in [-0.39, 0.29) is 11.6 Å². The molecule has 0 fully saturated rings. The molecule has 1 aromatic rings. The Hall–Kier alpha value is -1.22. The molecule has 14 heavy (non-hydrogen) atoms. The number of ketones is 1. The van der Waals surface area contributed by atoms with Crippen molar-refractivity contribution in [2.75, 3.05) is 13.7 Å². The molecule has 0 aromatic heterocycles. The summed E-state index contributed by atoms with van der Waals surface area (Å²) in [5, 5.41) is 0. The van der Waals surface area contributed by atoms with Gasteiger partial charge in [-0.2, -0.15) is 0 Å². The van der Waals surface area contributed by atoms with Crippen molar-refractivity contribution in [2.45, 2.75) is 13.3 Å². The lowest BCUT2D eigenvalue weighted by Gasteiger charge is -2.02. The molecule has 0 atom stereocenters. The fourth-order valence-electron chi connectivity index (χ4n) is 1.16. The predicted molar refractivity (Wildman–Crippen MR) is 52.0 cm³/mol. The number of rotatable bonds is 4. The van der Waals surface area contributed by atoms with Gasteiger partial charge in [0.1, 0.15) is 5.82 Å². The first-order chi connectivity index (χ1) is 6.65. The highest BCUT2D eigenvalue weighted by atomic mass is 19.1. The van der Waals surface area contributed by atoms with Crippen molar-refractivity contribution in [1.29, 1.82) is 0 Å². The van der Waals surface area contributed by atoms with Gasteiger partial charge < -0.3 is 4.74 Å². The van der Waals surface area contributed by atoms with E-state index in [1.54, 1.807) is 20.1 Å². The summed E-state index contributed by atoms with van der Waals surface area (Å²) in [4.78, 5) is 11.5. The standard InChI is InChI=1S/C11H13FO2/c1-8-7-9(3-4-10(8)12)11(13)5-6-14-2/h3-4,7H,5-6H2,1-2H3. The molecule has 0 saturated heterocycles. The summed E-state index contributed by atoms with van der Waals surface area (Å²) in [5.74, 6) is -0.303. The van der Waals surface area contributed by atoms with E-state index in [1.807, 2.05) is 0 Å². The molecule has 0 amide bonds. The third kappa shape index (κ3) is 2.64. The van der Waals surface area contributed by atoms with E-state index in [2.05, 4.69) is 0 Å². The van der Waals surface area contributed by atoms with E-state index in [1.165, 1.54) is 12.1 Å². The molecule has 2 nitrogen and oxygen atoms in total. The third-order valence-corrected chi connectivity index (χ3v) is 2.01. The highest BCUT2D eigenvalue weighted by molar-refractivity contribution is 5.96. The zero-order chi connectivity index (χ0) is 10.6. The number of methoxy groups -OCH3 is 1. The zero-order valence-corrected chi connectivity index (χ0v) is 8.34. The fraction of sp³-hybridized carbons (Fsp3) is 0.364. The van der Waals surface area contributed by atoms with Crippen LogP contribution in [0.1, 0.15) is 22.3 Å². The zero-order valence-electron chi connectivity index (χ0n) is 8.34. The van der Waals surface area contributed by atoms with Gasteiger partial charge in [0.05, 0.1) is 6.61 Å². The molecular formula is C11H13FO2. The number of aryl methyl sites for hydroxylation is 1. The largest absolute Gasteiger partial charge is 0.384 e. The molecule has 3 heteroatoms. The van der Waals surface area contributed by atoms with Gasteiger partial charge in [-0.1, -0.05) is 0 Å². The van der Waals surface area contributed by atoms with Gasteiger partial charge in [-0.3, -0.25) is 4.79 Å². The van der Waals surface area contributed by atoms with Gasteiger partial charge in [0.15, 0.2) is 5.78 Å². The van der Waals surface area contributed by atoms with Crippen molar-refractivity contribution in [1.82, 2.24) is 0 Å². The van der Waals surface area contributed by atoms with Crippen molar-refractivity contribution >= 4 is 5.78 Å². The summed E-state index contributed by atoms with van der Waals surface area (Å²) in [7, 11) is 1.54. The van der Waals surface area contributed by atoms with E-state index in [0.717, 1.165) is 0 Å². The van der Waals surface area contributed by atoms with Crippen LogP contribution in [0.4, 0.5) is 4.39 Å². The van der Waals surface area contributed by atoms with Gasteiger partial charge in [-0.05, 0) is 30.7 Å². The Morgan fingerprint density at radius 2 is 2.21 bits per heavy atom. The topological polar surface area (TPSA) is 26.3 Å². The molecule has 0 bridgehead atoms. The molecule has 0 radical (unpaired) electrons. The van der Waals surface area contributed by atoms with Crippen LogP contribution in [0.15, 0.2) is 18.2 Å². The summed E-state index contributed by atoms with van der Waals surface area (Å²) < 4.78 is 17.7. The summed E-state index contributed by atoms with van der Waals surface area (Å²) in [6, 6.07) is 4.38. The van der Waals surface area contributed by atoms with Crippen LogP contribution in [0.2, 0.25) is 0 Å². The molecule has 1 rings (SSSR count). The lowest BCUT2D eigenvalue weighted by atomic mass is 10.1. The number of ether oxygens (including phenoxy) is 1. The lowest BCUT2D eigenvalue weighted by Crippen LogP contribution is -2.03. The van der Waals surface area contributed by atoms with Crippen molar-refractivity contribution in [3.8, 4) is 0 Å². The monoisotopic (exact) mass is 196 g/mol. The molecule has 0 aliphatic heterocycles. The first kappa shape index (κ1) is 10.9. The van der Waals surface area contributed by atoms with Crippen molar-refractivity contribution in [3.05, 3.63) is 35.1 Å². The van der Waals surface area contributed by atoms with E-state index in [9.17, 15) is 9.18 Å². The van der Waals surface area contributed by atoms with Crippen LogP contribution in [0.25, 0.3) is 0 Å². The Bertz CT molecular complexity index is 334. The molecule has 0 unspecified atom stereocenters. The molecule has 0 aliphatic carbocycles. The second-order valence-corrected chi connectivity index (χ2v) is 3.13. The Balaban J connectivity index is 2.76. The van der Waals surface area contributed by atoms with Crippen LogP contribution in [0, 0.1) is 12.7 Å². The molecule has 0 spiro atoms. The van der Waals surface area contributed by atoms with Crippen LogP contribution in [0.5, 0.6) is 0 Å². The summed E-state index contributed by atoms with van der Waals surface area (Å²) in [5.41, 5.74) is 1.04. The van der Waals surface area contributed by atoms with E-state index in [0.29, 0.717) is 24.2 Å². The summed E-state index contributed by atoms with van der Waals surface area (Å²) in [6.07, 6.45) is 0.335. The molecule has 0 N–H and O–H groups in total. The Kier molecular flexibility index (Phi) is 3.77. The maximum absolute atomic E-state index is 12.9. The fourth-order valence-corrected chi connectivity index (χ4v) is 1.16. The average Bonchev–Trinajstić information content (AvgIpc) is 2.18. The number of hydrogen-bond donors (Lipinski definition) is 0. The number of Topliss-reactive ketones (excluding diaryl/α,β-unsaturated/α-hetero) is 1. The van der Waals surface area contributed by atoms with Crippen molar-refractivity contribution in [3.63, 3.8) is 0 Å². The number of hydrogen-bond acceptors (Lipinski definition) is 2. The maximum atomic E-state index is 12.9. The van der Waals surface area contributed by atoms with Gasteiger partial charge in [0.2, 0.25) is 0 Å². The SMILES string of the molecule is COCCC(=O)c1ccc(F)c(C)c1. The van der Waals surface area contributed by atoms with Crippen LogP contribution in [0.3, 0.4) is 0 Å². The van der Waals surface area contributed by atoms with Crippen molar-refractivity contribution in [2.24, 2.45) is 0 Å². The van der Waals surface area contributed by atoms with E-state index < -0.39 is 0 Å². The van der Waals surface area contributed by atoms with Gasteiger partial charge in [-0.15, -0.1) is 0 Å². The van der Waals surface area contributed by atoms with Crippen LogP contribution in [-0.4, -0.2) is 19.5 Å². The molecule has 0 saturated carbocycles. The summed E-state index contributed by atoms with van der Waals surface area (Å²) >= 11 is 0. The van der Waals surface area contributed by atoms with Gasteiger partial charge in [0.25, 0.3) is 0 Å². The normalized spacial score (nSPS) is 10.2. The van der Waals surface area contributed by atoms with Gasteiger partial charge in [0, 0.05) is 19.1 Å². The van der Waals surface area contributed by atoms with Crippen LogP contribution in [-0.2, 0) is 4.74 Å². The van der Waals surface area contributed by atoms with Crippen molar-refractivity contribution < 1.29 is 13.9 Å². The number of carbonyl (C=O) groups is 1. The average molecular weight is 196 g/mol. The minimum atomic E-state index is -0.284. The highest BCUT2D eigenvalue weighted by Gasteiger charge is 2.07.